The summed E-state index contributed by atoms with van der Waals surface area (Å²) in [7, 11) is 0. The molecule has 8 heteroatoms. The number of carboxylic acids is 1. The molecule has 7 nitrogen and oxygen atoms in total. The number of nitrogens with zero attached hydrogens (tertiary/aromatic N) is 3. The van der Waals surface area contributed by atoms with Crippen LogP contribution in [0.1, 0.15) is 47.5 Å². The van der Waals surface area contributed by atoms with Crippen LogP contribution in [0.3, 0.4) is 0 Å². The molecule has 1 amide bonds. The van der Waals surface area contributed by atoms with Crippen LogP contribution in [0.2, 0.25) is 0 Å². The third-order valence-electron chi connectivity index (χ3n) is 4.81. The average molecular weight is 408 g/mol. The minimum absolute atomic E-state index is 0.0305. The van der Waals surface area contributed by atoms with Crippen LogP contribution in [-0.2, 0) is 4.79 Å². The molecular weight excluding hydrogens is 388 g/mol. The van der Waals surface area contributed by atoms with Crippen molar-refractivity contribution in [2.45, 2.75) is 38.1 Å². The van der Waals surface area contributed by atoms with E-state index in [1.807, 2.05) is 12.1 Å². The second kappa shape index (κ2) is 8.48. The van der Waals surface area contributed by atoms with Gasteiger partial charge in [-0.3, -0.25) is 9.78 Å². The minimum Gasteiger partial charge on any atom is -0.477 e. The largest absolute Gasteiger partial charge is 0.477 e. The maximum Gasteiger partial charge on any atom is 0.345 e. The van der Waals surface area contributed by atoms with Crippen LogP contribution < -0.4 is 5.32 Å². The first kappa shape index (κ1) is 19.2. The number of fused-ring (bicyclic) bond motifs is 1. The Morgan fingerprint density at radius 1 is 1.17 bits per heavy atom. The summed E-state index contributed by atoms with van der Waals surface area (Å²) in [5, 5.41) is 12.1. The van der Waals surface area contributed by atoms with Gasteiger partial charge in [-0.2, -0.15) is 0 Å². The van der Waals surface area contributed by atoms with Gasteiger partial charge in [0, 0.05) is 12.5 Å². The number of hydrogen-bond donors (Lipinski definition) is 2. The van der Waals surface area contributed by atoms with E-state index >= 15 is 0 Å². The summed E-state index contributed by atoms with van der Waals surface area (Å²) in [5.74, 6) is -0.930. The first-order valence-corrected chi connectivity index (χ1v) is 10.3. The van der Waals surface area contributed by atoms with Gasteiger partial charge in [0.2, 0.25) is 5.91 Å². The molecule has 1 aliphatic carbocycles. The highest BCUT2D eigenvalue weighted by atomic mass is 32.1. The smallest absolute Gasteiger partial charge is 0.345 e. The molecule has 29 heavy (non-hydrogen) atoms. The zero-order chi connectivity index (χ0) is 20.2. The van der Waals surface area contributed by atoms with Gasteiger partial charge in [-0.25, -0.2) is 14.8 Å². The van der Waals surface area contributed by atoms with Gasteiger partial charge in [-0.1, -0.05) is 18.9 Å². The first-order valence-electron chi connectivity index (χ1n) is 9.52. The highest BCUT2D eigenvalue weighted by Gasteiger charge is 2.16. The van der Waals surface area contributed by atoms with E-state index in [9.17, 15) is 9.59 Å². The fraction of sp³-hybridized carbons (Fsp3) is 0.286. The van der Waals surface area contributed by atoms with Crippen LogP contribution in [0, 0.1) is 0 Å². The second-order valence-corrected chi connectivity index (χ2v) is 8.04. The number of nitrogens with one attached hydrogen (secondary N) is 1. The molecule has 0 aromatic carbocycles. The first-order chi connectivity index (χ1) is 14.1. The molecule has 148 valence electrons. The van der Waals surface area contributed by atoms with Crippen LogP contribution in [0.4, 0.5) is 0 Å². The Bertz CT molecular complexity index is 1090. The Kier molecular flexibility index (Phi) is 5.62. The van der Waals surface area contributed by atoms with Gasteiger partial charge < -0.3 is 10.4 Å². The predicted octanol–water partition coefficient (Wildman–Crippen LogP) is 3.91. The average Bonchev–Trinajstić information content (AvgIpc) is 3.39. The number of thiophene rings is 1. The Labute approximate surface area is 171 Å². The van der Waals surface area contributed by atoms with E-state index in [0.717, 1.165) is 29.1 Å². The summed E-state index contributed by atoms with van der Waals surface area (Å²) in [6.07, 6.45) is 10.0. The lowest BCUT2D eigenvalue weighted by Crippen LogP contribution is -2.31. The zero-order valence-corrected chi connectivity index (χ0v) is 16.5. The molecule has 0 unspecified atom stereocenters. The number of aromatic nitrogens is 3. The lowest BCUT2D eigenvalue weighted by Gasteiger charge is -2.10. The van der Waals surface area contributed by atoms with E-state index in [1.165, 1.54) is 12.8 Å². The van der Waals surface area contributed by atoms with Crippen LogP contribution >= 0.6 is 11.3 Å². The maximum atomic E-state index is 12.0. The maximum absolute atomic E-state index is 12.0. The van der Waals surface area contributed by atoms with Gasteiger partial charge in [-0.15, -0.1) is 11.3 Å². The molecule has 3 heterocycles. The molecule has 0 radical (unpaired) electrons. The molecular formula is C21H20N4O3S. The molecule has 3 aromatic heterocycles. The minimum atomic E-state index is -0.961. The van der Waals surface area contributed by atoms with Crippen molar-refractivity contribution >= 4 is 40.5 Å². The van der Waals surface area contributed by atoms with E-state index in [-0.39, 0.29) is 10.8 Å². The Hall–Kier alpha value is -3.13. The molecule has 1 aliphatic rings. The lowest BCUT2D eigenvalue weighted by atomic mass is 10.2. The number of hydrogen-bond acceptors (Lipinski definition) is 6. The third kappa shape index (κ3) is 4.65. The van der Waals surface area contributed by atoms with E-state index in [0.29, 0.717) is 35.0 Å². The molecule has 0 aliphatic heterocycles. The van der Waals surface area contributed by atoms with Gasteiger partial charge in [0.15, 0.2) is 5.65 Å². The van der Waals surface area contributed by atoms with Gasteiger partial charge >= 0.3 is 5.97 Å². The summed E-state index contributed by atoms with van der Waals surface area (Å²) < 4.78 is 0. The van der Waals surface area contributed by atoms with Gasteiger partial charge in [0.05, 0.1) is 16.8 Å². The van der Waals surface area contributed by atoms with Crippen molar-refractivity contribution in [3.63, 3.8) is 0 Å². The quantitative estimate of drug-likeness (QED) is 0.641. The topological polar surface area (TPSA) is 105 Å². The van der Waals surface area contributed by atoms with Crippen LogP contribution in [0.5, 0.6) is 0 Å². The second-order valence-electron chi connectivity index (χ2n) is 6.96. The van der Waals surface area contributed by atoms with Crippen molar-refractivity contribution in [1.29, 1.82) is 0 Å². The summed E-state index contributed by atoms with van der Waals surface area (Å²) in [6, 6.07) is 7.25. The van der Waals surface area contributed by atoms with E-state index < -0.39 is 5.97 Å². The molecule has 0 bridgehead atoms. The van der Waals surface area contributed by atoms with Crippen LogP contribution in [0.15, 0.2) is 36.5 Å². The van der Waals surface area contributed by atoms with E-state index in [1.54, 1.807) is 30.5 Å². The summed E-state index contributed by atoms with van der Waals surface area (Å²) in [5.41, 5.74) is 2.40. The number of aromatic carboxylic acids is 1. The molecule has 4 rings (SSSR count). The Morgan fingerprint density at radius 3 is 2.76 bits per heavy atom. The number of pyridine rings is 1. The Balaban J connectivity index is 1.47. The van der Waals surface area contributed by atoms with Crippen molar-refractivity contribution in [2.75, 3.05) is 0 Å². The molecule has 1 saturated carbocycles. The number of rotatable bonds is 6. The van der Waals surface area contributed by atoms with E-state index in [4.69, 9.17) is 5.11 Å². The monoisotopic (exact) mass is 408 g/mol. The van der Waals surface area contributed by atoms with Gasteiger partial charge in [0.1, 0.15) is 16.1 Å². The van der Waals surface area contributed by atoms with Crippen molar-refractivity contribution in [2.24, 2.45) is 0 Å². The predicted molar refractivity (Wildman–Crippen MR) is 112 cm³/mol. The summed E-state index contributed by atoms with van der Waals surface area (Å²) in [4.78, 5) is 37.4. The third-order valence-corrected chi connectivity index (χ3v) is 5.91. The fourth-order valence-corrected chi connectivity index (χ4v) is 4.16. The van der Waals surface area contributed by atoms with Gasteiger partial charge in [-0.05, 0) is 43.2 Å². The number of carboxylic acid groups (broad SMARTS) is 1. The zero-order valence-electron chi connectivity index (χ0n) is 15.7. The molecule has 0 atom stereocenters. The number of carbonyl (C=O) groups excluding carboxylic acids is 1. The van der Waals surface area contributed by atoms with Crippen molar-refractivity contribution < 1.29 is 14.7 Å². The molecule has 2 N–H and O–H groups in total. The SMILES string of the molecule is O=C(C/C=C/c1ccc2ncc(-c3ccc(C(=O)O)s3)nc2n1)NC1CCCC1. The Morgan fingerprint density at radius 2 is 2.00 bits per heavy atom. The van der Waals surface area contributed by atoms with Gasteiger partial charge in [0.25, 0.3) is 0 Å². The molecule has 0 saturated heterocycles. The van der Waals surface area contributed by atoms with Crippen molar-refractivity contribution in [3.05, 3.63) is 47.1 Å². The number of carbonyl (C=O) groups is 2. The fourth-order valence-electron chi connectivity index (χ4n) is 3.36. The highest BCUT2D eigenvalue weighted by molar-refractivity contribution is 7.17. The van der Waals surface area contributed by atoms with Crippen LogP contribution in [-0.4, -0.2) is 38.0 Å². The van der Waals surface area contributed by atoms with Crippen LogP contribution in [0.25, 0.3) is 27.8 Å². The molecule has 1 fully saturated rings. The summed E-state index contributed by atoms with van der Waals surface area (Å²) in [6.45, 7) is 0. The lowest BCUT2D eigenvalue weighted by molar-refractivity contribution is -0.120. The molecule has 0 spiro atoms. The summed E-state index contributed by atoms with van der Waals surface area (Å²) >= 11 is 1.15. The molecule has 3 aromatic rings. The van der Waals surface area contributed by atoms with Crippen molar-refractivity contribution in [3.8, 4) is 10.6 Å². The van der Waals surface area contributed by atoms with E-state index in [2.05, 4.69) is 20.3 Å². The highest BCUT2D eigenvalue weighted by Crippen LogP contribution is 2.27. The number of amides is 1. The van der Waals surface area contributed by atoms with Crippen molar-refractivity contribution in [1.82, 2.24) is 20.3 Å². The normalized spacial score (nSPS) is 14.6. The standard InChI is InChI=1S/C21H20N4O3S/c26-19(23-13-4-1-2-5-13)7-3-6-14-8-9-15-20(24-14)25-16(12-22-15)17-10-11-18(29-17)21(27)28/h3,6,8-13H,1-2,4-5,7H2,(H,23,26)(H,27,28)/b6-3+.